The van der Waals surface area contributed by atoms with E-state index in [1.54, 1.807) is 24.3 Å². The second kappa shape index (κ2) is 5.82. The Morgan fingerprint density at radius 2 is 2.00 bits per heavy atom. The third-order valence-corrected chi connectivity index (χ3v) is 3.53. The molecule has 0 aliphatic carbocycles. The Bertz CT molecular complexity index is 587. The number of aromatic nitrogens is 1. The van der Waals surface area contributed by atoms with Gasteiger partial charge < -0.3 is 5.32 Å². The predicted molar refractivity (Wildman–Crippen MR) is 79.0 cm³/mol. The van der Waals surface area contributed by atoms with Crippen molar-refractivity contribution in [2.45, 2.75) is 0 Å². The minimum absolute atomic E-state index is 0.210. The average molecular weight is 390 g/mol. The molecule has 0 aliphatic heterocycles. The summed E-state index contributed by atoms with van der Waals surface area (Å²) in [6, 6.07) is 8.66. The molecule has 1 N–H and O–H groups in total. The number of pyridine rings is 1. The average Bonchev–Trinajstić information content (AvgIpc) is 2.32. The number of rotatable bonds is 2. The molecule has 1 aromatic carbocycles. The summed E-state index contributed by atoms with van der Waals surface area (Å²) in [6.45, 7) is 0. The monoisotopic (exact) mass is 388 g/mol. The topological polar surface area (TPSA) is 42.0 Å². The van der Waals surface area contributed by atoms with Crippen LogP contribution in [0.5, 0.6) is 0 Å². The van der Waals surface area contributed by atoms with Crippen molar-refractivity contribution in [2.24, 2.45) is 0 Å². The van der Waals surface area contributed by atoms with Crippen LogP contribution in [0.15, 0.2) is 45.5 Å². The molecule has 0 fully saturated rings. The molecule has 2 aromatic rings. The lowest BCUT2D eigenvalue weighted by Gasteiger charge is -2.06. The van der Waals surface area contributed by atoms with Crippen molar-refractivity contribution in [3.05, 3.63) is 56.2 Å². The first-order valence-corrected chi connectivity index (χ1v) is 6.90. The van der Waals surface area contributed by atoms with E-state index in [9.17, 15) is 4.79 Å². The normalized spacial score (nSPS) is 10.2. The Morgan fingerprint density at radius 1 is 1.22 bits per heavy atom. The van der Waals surface area contributed by atoms with Gasteiger partial charge in [0, 0.05) is 8.95 Å². The highest BCUT2D eigenvalue weighted by molar-refractivity contribution is 9.11. The summed E-state index contributed by atoms with van der Waals surface area (Å²) in [7, 11) is 0. The third-order valence-electron chi connectivity index (χ3n) is 2.16. The smallest absolute Gasteiger partial charge is 0.256 e. The van der Waals surface area contributed by atoms with Gasteiger partial charge in [-0.25, -0.2) is 4.98 Å². The first kappa shape index (κ1) is 13.5. The van der Waals surface area contributed by atoms with Gasteiger partial charge in [0.2, 0.25) is 0 Å². The Kier molecular flexibility index (Phi) is 4.37. The van der Waals surface area contributed by atoms with Crippen molar-refractivity contribution >= 4 is 55.1 Å². The van der Waals surface area contributed by atoms with Gasteiger partial charge in [0.25, 0.3) is 5.91 Å². The third kappa shape index (κ3) is 3.31. The standard InChI is InChI=1S/C12H7Br2ClN2O/c13-7-1-3-9(10(14)5-7)12(18)17-8-2-4-11(15)16-6-8/h1-6H,(H,17,18). The number of carbonyl (C=O) groups excluding carboxylic acids is 1. The van der Waals surface area contributed by atoms with Gasteiger partial charge in [0.15, 0.2) is 0 Å². The molecule has 18 heavy (non-hydrogen) atoms. The largest absolute Gasteiger partial charge is 0.321 e. The van der Waals surface area contributed by atoms with Gasteiger partial charge in [-0.2, -0.15) is 0 Å². The number of amides is 1. The van der Waals surface area contributed by atoms with E-state index in [2.05, 4.69) is 42.2 Å². The molecule has 3 nitrogen and oxygen atoms in total. The zero-order chi connectivity index (χ0) is 13.1. The molecule has 6 heteroatoms. The number of hydrogen-bond acceptors (Lipinski definition) is 2. The highest BCUT2D eigenvalue weighted by atomic mass is 79.9. The minimum atomic E-state index is -0.210. The lowest BCUT2D eigenvalue weighted by Crippen LogP contribution is -2.12. The maximum absolute atomic E-state index is 12.0. The molecule has 0 saturated heterocycles. The molecule has 1 amide bonds. The van der Waals surface area contributed by atoms with Crippen molar-refractivity contribution in [3.8, 4) is 0 Å². The van der Waals surface area contributed by atoms with Gasteiger partial charge in [-0.3, -0.25) is 4.79 Å². The Balaban J connectivity index is 2.19. The molecule has 0 unspecified atom stereocenters. The van der Waals surface area contributed by atoms with Crippen molar-refractivity contribution in [1.29, 1.82) is 0 Å². The van der Waals surface area contributed by atoms with Crippen LogP contribution in [0.4, 0.5) is 5.69 Å². The van der Waals surface area contributed by atoms with Gasteiger partial charge in [0.1, 0.15) is 5.15 Å². The molecule has 1 aromatic heterocycles. The summed E-state index contributed by atoms with van der Waals surface area (Å²) in [5, 5.41) is 3.13. The minimum Gasteiger partial charge on any atom is -0.321 e. The van der Waals surface area contributed by atoms with Gasteiger partial charge in [-0.05, 0) is 46.3 Å². The van der Waals surface area contributed by atoms with E-state index in [4.69, 9.17) is 11.6 Å². The number of nitrogens with zero attached hydrogens (tertiary/aromatic N) is 1. The van der Waals surface area contributed by atoms with Crippen molar-refractivity contribution in [2.75, 3.05) is 5.32 Å². The first-order chi connectivity index (χ1) is 8.56. The lowest BCUT2D eigenvalue weighted by atomic mass is 10.2. The summed E-state index contributed by atoms with van der Waals surface area (Å²) < 4.78 is 1.62. The van der Waals surface area contributed by atoms with Crippen LogP contribution < -0.4 is 5.32 Å². The summed E-state index contributed by atoms with van der Waals surface area (Å²) in [6.07, 6.45) is 1.51. The Hall–Kier alpha value is -0.910. The van der Waals surface area contributed by atoms with Crippen molar-refractivity contribution in [3.63, 3.8) is 0 Å². The summed E-state index contributed by atoms with van der Waals surface area (Å²) in [4.78, 5) is 15.9. The van der Waals surface area contributed by atoms with Crippen LogP contribution in [0.1, 0.15) is 10.4 Å². The fraction of sp³-hybridized carbons (Fsp3) is 0. The molecule has 0 spiro atoms. The second-order valence-corrected chi connectivity index (χ2v) is 5.61. The predicted octanol–water partition coefficient (Wildman–Crippen LogP) is 4.51. The van der Waals surface area contributed by atoms with Crippen molar-refractivity contribution in [1.82, 2.24) is 4.98 Å². The number of nitrogens with one attached hydrogen (secondary N) is 1. The molecule has 0 bridgehead atoms. The van der Waals surface area contributed by atoms with Crippen LogP contribution in [0.3, 0.4) is 0 Å². The Labute approximate surface area is 126 Å². The van der Waals surface area contributed by atoms with Crippen LogP contribution in [0, 0.1) is 0 Å². The fourth-order valence-electron chi connectivity index (χ4n) is 1.32. The van der Waals surface area contributed by atoms with E-state index < -0.39 is 0 Å². The lowest BCUT2D eigenvalue weighted by molar-refractivity contribution is 0.102. The van der Waals surface area contributed by atoms with E-state index in [1.165, 1.54) is 6.20 Å². The number of carbonyl (C=O) groups is 1. The van der Waals surface area contributed by atoms with Crippen LogP contribution >= 0.6 is 43.5 Å². The molecule has 92 valence electrons. The zero-order valence-electron chi connectivity index (χ0n) is 8.95. The SMILES string of the molecule is O=C(Nc1ccc(Cl)nc1)c1ccc(Br)cc1Br. The highest BCUT2D eigenvalue weighted by Crippen LogP contribution is 2.23. The van der Waals surface area contributed by atoms with Crippen molar-refractivity contribution < 1.29 is 4.79 Å². The summed E-state index contributed by atoms with van der Waals surface area (Å²) >= 11 is 12.4. The summed E-state index contributed by atoms with van der Waals surface area (Å²) in [5.41, 5.74) is 1.15. The van der Waals surface area contributed by atoms with Crippen LogP contribution in [0.2, 0.25) is 5.15 Å². The van der Waals surface area contributed by atoms with E-state index in [1.807, 2.05) is 6.07 Å². The van der Waals surface area contributed by atoms with E-state index >= 15 is 0 Å². The van der Waals surface area contributed by atoms with Crippen LogP contribution in [-0.4, -0.2) is 10.9 Å². The number of halogens is 3. The molecule has 0 atom stereocenters. The molecule has 0 radical (unpaired) electrons. The van der Waals surface area contributed by atoms with Gasteiger partial charge in [-0.1, -0.05) is 27.5 Å². The molecule has 0 saturated carbocycles. The van der Waals surface area contributed by atoms with Gasteiger partial charge in [0.05, 0.1) is 17.4 Å². The molecule has 0 aliphatic rings. The fourth-order valence-corrected chi connectivity index (χ4v) is 2.66. The molecular formula is C12H7Br2ClN2O. The maximum atomic E-state index is 12.0. The van der Waals surface area contributed by atoms with E-state index in [0.29, 0.717) is 16.4 Å². The van der Waals surface area contributed by atoms with Crippen LogP contribution in [-0.2, 0) is 0 Å². The highest BCUT2D eigenvalue weighted by Gasteiger charge is 2.10. The molecule has 1 heterocycles. The number of hydrogen-bond donors (Lipinski definition) is 1. The second-order valence-electron chi connectivity index (χ2n) is 3.45. The van der Waals surface area contributed by atoms with Gasteiger partial charge >= 0.3 is 0 Å². The number of anilines is 1. The maximum Gasteiger partial charge on any atom is 0.256 e. The van der Waals surface area contributed by atoms with E-state index in [0.717, 1.165) is 8.95 Å². The zero-order valence-corrected chi connectivity index (χ0v) is 12.9. The molecule has 2 rings (SSSR count). The summed E-state index contributed by atoms with van der Waals surface area (Å²) in [5.74, 6) is -0.210. The molecular weight excluding hydrogens is 383 g/mol. The Morgan fingerprint density at radius 3 is 2.61 bits per heavy atom. The first-order valence-electron chi connectivity index (χ1n) is 4.94. The number of benzene rings is 1. The van der Waals surface area contributed by atoms with E-state index in [-0.39, 0.29) is 5.91 Å². The van der Waals surface area contributed by atoms with Gasteiger partial charge in [-0.15, -0.1) is 0 Å². The van der Waals surface area contributed by atoms with Crippen LogP contribution in [0.25, 0.3) is 0 Å². The quantitative estimate of drug-likeness (QED) is 0.767.